The number of ether oxygens (including phenoxy) is 1. The molecule has 0 aliphatic carbocycles. The van der Waals surface area contributed by atoms with Crippen molar-refractivity contribution in [2.75, 3.05) is 20.2 Å². The molecule has 0 spiro atoms. The van der Waals surface area contributed by atoms with Crippen molar-refractivity contribution in [3.05, 3.63) is 0 Å². The van der Waals surface area contributed by atoms with E-state index in [-0.39, 0.29) is 18.1 Å². The Bertz CT molecular complexity index is 296. The lowest BCUT2D eigenvalue weighted by atomic mass is 10.1. The minimum atomic E-state index is -0.382. The Kier molecular flexibility index (Phi) is 10.5. The van der Waals surface area contributed by atoms with E-state index in [0.717, 1.165) is 13.0 Å². The van der Waals surface area contributed by atoms with Crippen molar-refractivity contribution in [3.63, 3.8) is 0 Å². The van der Waals surface area contributed by atoms with Crippen LogP contribution in [0.4, 0.5) is 0 Å². The van der Waals surface area contributed by atoms with Crippen LogP contribution >= 0.6 is 0 Å². The quantitative estimate of drug-likeness (QED) is 0.442. The van der Waals surface area contributed by atoms with Crippen LogP contribution in [-0.4, -0.2) is 48.3 Å². The predicted molar refractivity (Wildman–Crippen MR) is 89.8 cm³/mol. The number of carbonyl (C=O) groups excluding carboxylic acids is 1. The molecular weight excluding hydrogens is 278 g/mol. The molecule has 130 valence electrons. The Labute approximate surface area is 136 Å². The van der Waals surface area contributed by atoms with E-state index >= 15 is 0 Å². The van der Waals surface area contributed by atoms with Crippen molar-refractivity contribution in [2.24, 2.45) is 0 Å². The molecule has 1 heterocycles. The van der Waals surface area contributed by atoms with Crippen LogP contribution in [0.25, 0.3) is 0 Å². The fraction of sp³-hybridized carbons (Fsp3) is 0.944. The van der Waals surface area contributed by atoms with Gasteiger partial charge in [0, 0.05) is 13.0 Å². The second-order valence-corrected chi connectivity index (χ2v) is 6.61. The number of unbranched alkanes of at least 4 members (excludes halogenated alkanes) is 9. The zero-order chi connectivity index (χ0) is 16.2. The lowest BCUT2D eigenvalue weighted by Crippen LogP contribution is -2.37. The number of aliphatic hydroxyl groups is 1. The maximum atomic E-state index is 11.7. The molecule has 1 N–H and O–H groups in total. The average molecular weight is 313 g/mol. The highest BCUT2D eigenvalue weighted by Crippen LogP contribution is 2.20. The molecule has 4 nitrogen and oxygen atoms in total. The van der Waals surface area contributed by atoms with Gasteiger partial charge in [0.25, 0.3) is 0 Å². The third-order valence-electron chi connectivity index (χ3n) is 4.65. The minimum absolute atomic E-state index is 0.205. The van der Waals surface area contributed by atoms with Gasteiger partial charge in [-0.15, -0.1) is 0 Å². The van der Waals surface area contributed by atoms with Gasteiger partial charge in [0.2, 0.25) is 0 Å². The summed E-state index contributed by atoms with van der Waals surface area (Å²) >= 11 is 0. The molecule has 1 saturated heterocycles. The zero-order valence-corrected chi connectivity index (χ0v) is 14.6. The Morgan fingerprint density at radius 3 is 2.14 bits per heavy atom. The third kappa shape index (κ3) is 7.59. The summed E-state index contributed by atoms with van der Waals surface area (Å²) in [5.74, 6) is -0.205. The molecule has 1 fully saturated rings. The van der Waals surface area contributed by atoms with E-state index in [9.17, 15) is 9.90 Å². The normalized spacial score (nSPS) is 22.1. The van der Waals surface area contributed by atoms with Gasteiger partial charge >= 0.3 is 5.97 Å². The Morgan fingerprint density at radius 1 is 1.05 bits per heavy atom. The van der Waals surface area contributed by atoms with E-state index < -0.39 is 0 Å². The molecular formula is C18H35NO3. The topological polar surface area (TPSA) is 49.8 Å². The second kappa shape index (κ2) is 11.9. The van der Waals surface area contributed by atoms with Crippen LogP contribution in [0.1, 0.15) is 77.6 Å². The summed E-state index contributed by atoms with van der Waals surface area (Å²) in [6.45, 7) is 3.76. The Morgan fingerprint density at radius 2 is 1.59 bits per heavy atom. The summed E-state index contributed by atoms with van der Waals surface area (Å²) in [5.41, 5.74) is 0. The van der Waals surface area contributed by atoms with Crippen LogP contribution in [0, 0.1) is 0 Å². The van der Waals surface area contributed by atoms with Gasteiger partial charge in [-0.3, -0.25) is 9.69 Å². The molecule has 0 aromatic heterocycles. The molecule has 0 unspecified atom stereocenters. The average Bonchev–Trinajstić information content (AvgIpc) is 2.89. The number of esters is 1. The first-order chi connectivity index (χ1) is 10.7. The van der Waals surface area contributed by atoms with Crippen molar-refractivity contribution >= 4 is 5.97 Å². The number of nitrogens with zero attached hydrogens (tertiary/aromatic N) is 1. The van der Waals surface area contributed by atoms with Gasteiger partial charge in [-0.2, -0.15) is 0 Å². The fourth-order valence-electron chi connectivity index (χ4n) is 3.31. The van der Waals surface area contributed by atoms with E-state index in [0.29, 0.717) is 13.0 Å². The highest BCUT2D eigenvalue weighted by Gasteiger charge is 2.36. The van der Waals surface area contributed by atoms with Gasteiger partial charge in [0.15, 0.2) is 0 Å². The SMILES string of the molecule is CCCCCCCCCCCCN1C[C@H](O)C[C@H]1C(=O)OC. The number of hydrogen-bond acceptors (Lipinski definition) is 4. The summed E-state index contributed by atoms with van der Waals surface area (Å²) in [6.07, 6.45) is 13.3. The molecule has 0 radical (unpaired) electrons. The van der Waals surface area contributed by atoms with Gasteiger partial charge in [0.1, 0.15) is 6.04 Å². The molecule has 22 heavy (non-hydrogen) atoms. The number of aliphatic hydroxyl groups excluding tert-OH is 1. The van der Waals surface area contributed by atoms with Gasteiger partial charge in [-0.25, -0.2) is 0 Å². The van der Waals surface area contributed by atoms with Gasteiger partial charge in [0.05, 0.1) is 13.2 Å². The summed E-state index contributed by atoms with van der Waals surface area (Å²) in [4.78, 5) is 13.8. The summed E-state index contributed by atoms with van der Waals surface area (Å²) in [6, 6.07) is -0.237. The number of β-amino-alcohol motifs (C(OH)–C–C–N with tert-alkyl or cyclic N) is 1. The van der Waals surface area contributed by atoms with Crippen molar-refractivity contribution in [2.45, 2.75) is 89.7 Å². The van der Waals surface area contributed by atoms with Crippen LogP contribution in [0.2, 0.25) is 0 Å². The van der Waals surface area contributed by atoms with Crippen LogP contribution in [0.5, 0.6) is 0 Å². The van der Waals surface area contributed by atoms with Crippen LogP contribution in [-0.2, 0) is 9.53 Å². The molecule has 4 heteroatoms. The number of methoxy groups -OCH3 is 1. The molecule has 0 amide bonds. The molecule has 2 atom stereocenters. The van der Waals surface area contributed by atoms with Gasteiger partial charge in [-0.05, 0) is 13.0 Å². The standard InChI is InChI=1S/C18H35NO3/c1-3-4-5-6-7-8-9-10-11-12-13-19-15-16(20)14-17(19)18(21)22-2/h16-17,20H,3-15H2,1-2H3/t16-,17+/m1/s1. The number of carbonyl (C=O) groups is 1. The first-order valence-electron chi connectivity index (χ1n) is 9.19. The van der Waals surface area contributed by atoms with Crippen LogP contribution < -0.4 is 0 Å². The second-order valence-electron chi connectivity index (χ2n) is 6.61. The van der Waals surface area contributed by atoms with E-state index in [1.807, 2.05) is 0 Å². The number of rotatable bonds is 12. The monoisotopic (exact) mass is 313 g/mol. The summed E-state index contributed by atoms with van der Waals surface area (Å²) in [5, 5.41) is 9.73. The third-order valence-corrected chi connectivity index (χ3v) is 4.65. The smallest absolute Gasteiger partial charge is 0.323 e. The molecule has 0 aromatic carbocycles. The maximum absolute atomic E-state index is 11.7. The van der Waals surface area contributed by atoms with Crippen molar-refractivity contribution in [1.82, 2.24) is 4.90 Å². The van der Waals surface area contributed by atoms with Crippen molar-refractivity contribution in [3.8, 4) is 0 Å². The van der Waals surface area contributed by atoms with Gasteiger partial charge < -0.3 is 9.84 Å². The van der Waals surface area contributed by atoms with E-state index in [1.165, 1.54) is 64.9 Å². The molecule has 1 aliphatic rings. The largest absolute Gasteiger partial charge is 0.468 e. The zero-order valence-electron chi connectivity index (χ0n) is 14.6. The Balaban J connectivity index is 2.00. The minimum Gasteiger partial charge on any atom is -0.468 e. The number of likely N-dealkylation sites (tertiary alicyclic amines) is 1. The molecule has 0 bridgehead atoms. The highest BCUT2D eigenvalue weighted by molar-refractivity contribution is 5.76. The molecule has 0 saturated carbocycles. The van der Waals surface area contributed by atoms with Gasteiger partial charge in [-0.1, -0.05) is 64.7 Å². The summed E-state index contributed by atoms with van der Waals surface area (Å²) in [7, 11) is 1.42. The Hall–Kier alpha value is -0.610. The lowest BCUT2D eigenvalue weighted by Gasteiger charge is -2.21. The summed E-state index contributed by atoms with van der Waals surface area (Å²) < 4.78 is 4.82. The molecule has 1 aliphatic heterocycles. The first kappa shape index (κ1) is 19.4. The maximum Gasteiger partial charge on any atom is 0.323 e. The first-order valence-corrected chi connectivity index (χ1v) is 9.19. The number of hydrogen-bond donors (Lipinski definition) is 1. The van der Waals surface area contributed by atoms with E-state index in [2.05, 4.69) is 11.8 Å². The predicted octanol–water partition coefficient (Wildman–Crippen LogP) is 3.52. The molecule has 1 rings (SSSR count). The lowest BCUT2D eigenvalue weighted by molar-refractivity contribution is -0.145. The van der Waals surface area contributed by atoms with Crippen LogP contribution in [0.3, 0.4) is 0 Å². The fourth-order valence-corrected chi connectivity index (χ4v) is 3.31. The van der Waals surface area contributed by atoms with Crippen molar-refractivity contribution < 1.29 is 14.6 Å². The van der Waals surface area contributed by atoms with E-state index in [4.69, 9.17) is 4.74 Å². The van der Waals surface area contributed by atoms with Crippen molar-refractivity contribution in [1.29, 1.82) is 0 Å². The van der Waals surface area contributed by atoms with E-state index in [1.54, 1.807) is 0 Å². The molecule has 0 aromatic rings. The highest BCUT2D eigenvalue weighted by atomic mass is 16.5. The van der Waals surface area contributed by atoms with Crippen LogP contribution in [0.15, 0.2) is 0 Å².